The van der Waals surface area contributed by atoms with Crippen LogP contribution in [-0.4, -0.2) is 39.7 Å². The maximum absolute atomic E-state index is 14.3. The Labute approximate surface area is 186 Å². The van der Waals surface area contributed by atoms with Crippen LogP contribution >= 0.6 is 0 Å². The minimum atomic E-state index is -0.526. The Bertz CT molecular complexity index is 1210. The van der Waals surface area contributed by atoms with Crippen LogP contribution in [0.15, 0.2) is 42.7 Å². The molecule has 0 unspecified atom stereocenters. The second kappa shape index (κ2) is 8.46. The molecular formula is C25H25FN4O2. The molecule has 1 aliphatic heterocycles. The first-order valence-electron chi connectivity index (χ1n) is 10.5. The molecule has 0 aliphatic carbocycles. The summed E-state index contributed by atoms with van der Waals surface area (Å²) < 4.78 is 19.8. The van der Waals surface area contributed by atoms with Crippen LogP contribution in [0.3, 0.4) is 0 Å². The molecule has 1 atom stereocenters. The van der Waals surface area contributed by atoms with Crippen molar-refractivity contribution >= 4 is 28.5 Å². The van der Waals surface area contributed by atoms with Crippen LogP contribution in [0, 0.1) is 18.2 Å². The lowest BCUT2D eigenvalue weighted by atomic mass is 9.97. The number of nitrogens with zero attached hydrogens (tertiary/aromatic N) is 3. The first kappa shape index (κ1) is 21.6. The molecule has 4 rings (SSSR count). The monoisotopic (exact) mass is 432 g/mol. The van der Waals surface area contributed by atoms with Gasteiger partial charge in [-0.15, -0.1) is 6.42 Å². The third-order valence-electron chi connectivity index (χ3n) is 5.36. The number of hydrogen-bond acceptors (Lipinski definition) is 5. The number of carbonyl (C=O) groups is 1. The number of fused-ring (bicyclic) bond motifs is 1. The van der Waals surface area contributed by atoms with Gasteiger partial charge in [0.25, 0.3) is 0 Å². The Kier molecular flexibility index (Phi) is 5.70. The molecule has 7 heteroatoms. The Morgan fingerprint density at radius 1 is 1.25 bits per heavy atom. The molecule has 1 aliphatic rings. The second-order valence-electron chi connectivity index (χ2n) is 8.87. The minimum absolute atomic E-state index is 0.168. The van der Waals surface area contributed by atoms with Crippen molar-refractivity contribution in [3.8, 4) is 12.3 Å². The zero-order valence-electron chi connectivity index (χ0n) is 18.4. The van der Waals surface area contributed by atoms with Crippen molar-refractivity contribution in [1.82, 2.24) is 14.9 Å². The Morgan fingerprint density at radius 3 is 2.81 bits per heavy atom. The third kappa shape index (κ3) is 4.65. The second-order valence-corrected chi connectivity index (χ2v) is 8.87. The van der Waals surface area contributed by atoms with E-state index < -0.39 is 11.4 Å². The summed E-state index contributed by atoms with van der Waals surface area (Å²) in [6, 6.07) is 10.4. The first-order chi connectivity index (χ1) is 15.2. The van der Waals surface area contributed by atoms with Crippen LogP contribution in [0.2, 0.25) is 0 Å². The maximum atomic E-state index is 14.3. The summed E-state index contributed by atoms with van der Waals surface area (Å²) in [4.78, 5) is 22.8. The molecule has 0 radical (unpaired) electrons. The lowest BCUT2D eigenvalue weighted by molar-refractivity contribution is 0.0292. The fourth-order valence-corrected chi connectivity index (χ4v) is 3.79. The molecule has 6 nitrogen and oxygen atoms in total. The van der Waals surface area contributed by atoms with Gasteiger partial charge in [-0.2, -0.15) is 0 Å². The zero-order valence-corrected chi connectivity index (χ0v) is 18.4. The molecule has 32 heavy (non-hydrogen) atoms. The van der Waals surface area contributed by atoms with Crippen LogP contribution in [-0.2, 0) is 4.74 Å². The lowest BCUT2D eigenvalue weighted by Gasteiger charge is -2.24. The molecule has 1 saturated heterocycles. The largest absolute Gasteiger partial charge is 0.444 e. The number of carbonyl (C=O) groups excluding carboxylic acids is 1. The summed E-state index contributed by atoms with van der Waals surface area (Å²) in [6.07, 6.45) is 7.42. The number of rotatable bonds is 3. The Morgan fingerprint density at radius 2 is 2.06 bits per heavy atom. The molecule has 1 fully saturated rings. The number of hydrogen-bond donors (Lipinski definition) is 1. The van der Waals surface area contributed by atoms with Gasteiger partial charge < -0.3 is 15.0 Å². The van der Waals surface area contributed by atoms with Gasteiger partial charge in [0, 0.05) is 30.0 Å². The summed E-state index contributed by atoms with van der Waals surface area (Å²) in [7, 11) is 0. The molecule has 0 spiro atoms. The van der Waals surface area contributed by atoms with Crippen molar-refractivity contribution in [2.75, 3.05) is 18.4 Å². The van der Waals surface area contributed by atoms with Gasteiger partial charge in [0.05, 0.1) is 11.2 Å². The highest BCUT2D eigenvalue weighted by Gasteiger charge is 2.30. The van der Waals surface area contributed by atoms with Gasteiger partial charge in [-0.3, -0.25) is 0 Å². The maximum Gasteiger partial charge on any atom is 0.410 e. The number of likely N-dealkylation sites (tertiary alicyclic amines) is 1. The van der Waals surface area contributed by atoms with E-state index in [4.69, 9.17) is 11.2 Å². The Hall–Kier alpha value is -3.66. The molecule has 3 aromatic rings. The highest BCUT2D eigenvalue weighted by molar-refractivity contribution is 5.91. The normalized spacial score (nSPS) is 16.1. The summed E-state index contributed by atoms with van der Waals surface area (Å²) >= 11 is 0. The highest BCUT2D eigenvalue weighted by atomic mass is 19.1. The number of halogens is 1. The van der Waals surface area contributed by atoms with Crippen molar-refractivity contribution in [3.63, 3.8) is 0 Å². The van der Waals surface area contributed by atoms with Crippen LogP contribution in [0.1, 0.15) is 44.2 Å². The predicted octanol–water partition coefficient (Wildman–Crippen LogP) is 5.22. The van der Waals surface area contributed by atoms with E-state index in [1.165, 1.54) is 12.4 Å². The summed E-state index contributed by atoms with van der Waals surface area (Å²) in [6.45, 7) is 6.79. The zero-order chi connectivity index (χ0) is 22.9. The van der Waals surface area contributed by atoms with Crippen molar-refractivity contribution in [1.29, 1.82) is 0 Å². The quantitative estimate of drug-likeness (QED) is 0.575. The standard InChI is InChI=1S/C25H25FN4O2/c1-5-16-6-8-20(26)22(12-16)29-23-19-13-17(7-9-21(19)27-15-28-23)18-10-11-30(14-18)24(31)32-25(2,3)4/h1,6-9,12-13,15,18H,10-11,14H2,2-4H3,(H,27,28,29)/t18-/m1/s1. The Balaban J connectivity index is 1.60. The van der Waals surface area contributed by atoms with Gasteiger partial charge in [-0.25, -0.2) is 19.2 Å². The average molecular weight is 432 g/mol. The van der Waals surface area contributed by atoms with Crippen molar-refractivity contribution < 1.29 is 13.9 Å². The predicted molar refractivity (Wildman–Crippen MR) is 122 cm³/mol. The number of ether oxygens (including phenoxy) is 1. The van der Waals surface area contributed by atoms with Gasteiger partial charge >= 0.3 is 6.09 Å². The van der Waals surface area contributed by atoms with Crippen LogP contribution in [0.25, 0.3) is 10.9 Å². The van der Waals surface area contributed by atoms with Crippen LogP contribution in [0.5, 0.6) is 0 Å². The fraction of sp³-hybridized carbons (Fsp3) is 0.320. The van der Waals surface area contributed by atoms with Crippen LogP contribution < -0.4 is 5.32 Å². The van der Waals surface area contributed by atoms with E-state index in [9.17, 15) is 9.18 Å². The molecule has 1 N–H and O–H groups in total. The molecule has 2 aromatic carbocycles. The molecule has 1 aromatic heterocycles. The number of amides is 1. The molecule has 0 bridgehead atoms. The smallest absolute Gasteiger partial charge is 0.410 e. The van der Waals surface area contributed by atoms with E-state index in [1.807, 2.05) is 39.0 Å². The topological polar surface area (TPSA) is 67.4 Å². The summed E-state index contributed by atoms with van der Waals surface area (Å²) in [5.41, 5.74) is 2.10. The van der Waals surface area contributed by atoms with Gasteiger partial charge in [0.15, 0.2) is 0 Å². The van der Waals surface area contributed by atoms with Crippen molar-refractivity contribution in [2.24, 2.45) is 0 Å². The van der Waals surface area contributed by atoms with E-state index in [0.29, 0.717) is 24.5 Å². The highest BCUT2D eigenvalue weighted by Crippen LogP contribution is 2.32. The first-order valence-corrected chi connectivity index (χ1v) is 10.5. The van der Waals surface area contributed by atoms with Crippen LogP contribution in [0.4, 0.5) is 20.7 Å². The van der Waals surface area contributed by atoms with E-state index >= 15 is 0 Å². The van der Waals surface area contributed by atoms with Gasteiger partial charge in [0.2, 0.25) is 0 Å². The number of nitrogens with one attached hydrogen (secondary N) is 1. The average Bonchev–Trinajstić information content (AvgIpc) is 3.24. The minimum Gasteiger partial charge on any atom is -0.444 e. The fourth-order valence-electron chi connectivity index (χ4n) is 3.79. The molecular weight excluding hydrogens is 407 g/mol. The van der Waals surface area contributed by atoms with E-state index in [-0.39, 0.29) is 17.7 Å². The van der Waals surface area contributed by atoms with Crippen molar-refractivity contribution in [3.05, 3.63) is 59.7 Å². The van der Waals surface area contributed by atoms with Crippen molar-refractivity contribution in [2.45, 2.75) is 38.7 Å². The molecule has 1 amide bonds. The lowest BCUT2D eigenvalue weighted by Crippen LogP contribution is -2.35. The molecule has 0 saturated carbocycles. The van der Waals surface area contributed by atoms with E-state index in [0.717, 1.165) is 22.9 Å². The third-order valence-corrected chi connectivity index (χ3v) is 5.36. The van der Waals surface area contributed by atoms with E-state index in [1.54, 1.807) is 17.0 Å². The number of terminal acetylenes is 1. The summed E-state index contributed by atoms with van der Waals surface area (Å²) in [5.74, 6) is 2.75. The van der Waals surface area contributed by atoms with E-state index in [2.05, 4.69) is 21.2 Å². The number of anilines is 2. The van der Waals surface area contributed by atoms with Gasteiger partial charge in [-0.1, -0.05) is 12.0 Å². The number of aromatic nitrogens is 2. The SMILES string of the molecule is C#Cc1ccc(F)c(Nc2ncnc3ccc([C@@H]4CCN(C(=O)OC(C)(C)C)C4)cc23)c1. The molecule has 2 heterocycles. The summed E-state index contributed by atoms with van der Waals surface area (Å²) in [5, 5.41) is 3.82. The van der Waals surface area contributed by atoms with Gasteiger partial charge in [0.1, 0.15) is 23.6 Å². The number of benzene rings is 2. The molecule has 164 valence electrons. The van der Waals surface area contributed by atoms with Gasteiger partial charge in [-0.05, 0) is 63.1 Å².